The molecular formula is C23H28N6O3. The number of nitrogens with zero attached hydrogens (tertiary/aromatic N) is 4. The lowest BCUT2D eigenvalue weighted by molar-refractivity contribution is -0.136. The molecule has 0 bridgehead atoms. The van der Waals surface area contributed by atoms with Gasteiger partial charge in [-0.3, -0.25) is 14.3 Å². The molecule has 1 fully saturated rings. The third-order valence-corrected chi connectivity index (χ3v) is 5.97. The van der Waals surface area contributed by atoms with Crippen molar-refractivity contribution in [3.8, 4) is 17.0 Å². The zero-order chi connectivity index (χ0) is 22.7. The maximum Gasteiger partial charge on any atom is 0.267 e. The van der Waals surface area contributed by atoms with Gasteiger partial charge in [0.1, 0.15) is 23.0 Å². The minimum absolute atomic E-state index is 0.130. The van der Waals surface area contributed by atoms with Crippen LogP contribution in [0.25, 0.3) is 11.3 Å². The molecule has 1 aromatic carbocycles. The van der Waals surface area contributed by atoms with Gasteiger partial charge >= 0.3 is 0 Å². The Hall–Kier alpha value is -3.62. The smallest absolute Gasteiger partial charge is 0.267 e. The number of ether oxygens (including phenoxy) is 1. The highest BCUT2D eigenvalue weighted by Crippen LogP contribution is 2.31. The van der Waals surface area contributed by atoms with E-state index in [1.807, 2.05) is 48.4 Å². The predicted octanol–water partition coefficient (Wildman–Crippen LogP) is 2.42. The van der Waals surface area contributed by atoms with E-state index in [4.69, 9.17) is 15.5 Å². The van der Waals surface area contributed by atoms with Gasteiger partial charge in [-0.25, -0.2) is 4.98 Å². The summed E-state index contributed by atoms with van der Waals surface area (Å²) in [7, 11) is 1.60. The van der Waals surface area contributed by atoms with Crippen LogP contribution < -0.4 is 10.5 Å². The third-order valence-electron chi connectivity index (χ3n) is 5.97. The number of H-pyrrole nitrogens is 1. The second-order valence-electron chi connectivity index (χ2n) is 8.17. The number of rotatable bonds is 7. The van der Waals surface area contributed by atoms with E-state index in [2.05, 4.69) is 10.1 Å². The molecule has 1 aliphatic heterocycles. The summed E-state index contributed by atoms with van der Waals surface area (Å²) in [5.41, 5.74) is 7.25. The molecule has 1 unspecified atom stereocenters. The van der Waals surface area contributed by atoms with Crippen LogP contribution in [0.5, 0.6) is 5.75 Å². The van der Waals surface area contributed by atoms with Gasteiger partial charge in [-0.05, 0) is 43.2 Å². The number of methoxy groups -OCH3 is 1. The SMILES string of the molecule is COc1ccc(-c2nc(C3CCN(C(=O)C(C)Cn4cccn4)CC3)[nH]c2C(N)=O)cc1. The van der Waals surface area contributed by atoms with Crippen molar-refractivity contribution in [3.63, 3.8) is 0 Å². The number of nitrogens with two attached hydrogens (primary N) is 1. The van der Waals surface area contributed by atoms with Crippen LogP contribution in [-0.2, 0) is 11.3 Å². The average molecular weight is 437 g/mol. The Labute approximate surface area is 186 Å². The lowest BCUT2D eigenvalue weighted by Gasteiger charge is -2.33. The quantitative estimate of drug-likeness (QED) is 0.590. The van der Waals surface area contributed by atoms with Crippen LogP contribution in [0.3, 0.4) is 0 Å². The number of piperidine rings is 1. The lowest BCUT2D eigenvalue weighted by Crippen LogP contribution is -2.41. The Morgan fingerprint density at radius 1 is 1.25 bits per heavy atom. The second-order valence-corrected chi connectivity index (χ2v) is 8.17. The van der Waals surface area contributed by atoms with E-state index < -0.39 is 5.91 Å². The molecule has 0 radical (unpaired) electrons. The molecule has 1 aliphatic rings. The van der Waals surface area contributed by atoms with E-state index in [-0.39, 0.29) is 17.7 Å². The van der Waals surface area contributed by atoms with Gasteiger partial charge in [0.25, 0.3) is 5.91 Å². The summed E-state index contributed by atoms with van der Waals surface area (Å²) in [6.07, 6.45) is 5.12. The molecule has 2 amide bonds. The van der Waals surface area contributed by atoms with Crippen LogP contribution in [0.4, 0.5) is 0 Å². The van der Waals surface area contributed by atoms with E-state index in [0.717, 1.165) is 30.0 Å². The molecule has 1 atom stereocenters. The lowest BCUT2D eigenvalue weighted by atomic mass is 9.95. The fraction of sp³-hybridized carbons (Fsp3) is 0.391. The first-order valence-corrected chi connectivity index (χ1v) is 10.8. The van der Waals surface area contributed by atoms with Gasteiger partial charge < -0.3 is 20.4 Å². The Morgan fingerprint density at radius 2 is 1.97 bits per heavy atom. The number of primary amides is 1. The molecule has 0 saturated carbocycles. The van der Waals surface area contributed by atoms with Crippen molar-refractivity contribution < 1.29 is 14.3 Å². The molecule has 4 rings (SSSR count). The van der Waals surface area contributed by atoms with Crippen LogP contribution in [-0.4, -0.2) is 56.7 Å². The molecule has 2 aromatic heterocycles. The largest absolute Gasteiger partial charge is 0.497 e. The number of hydrogen-bond donors (Lipinski definition) is 2. The number of amides is 2. The summed E-state index contributed by atoms with van der Waals surface area (Å²) in [6.45, 7) is 3.80. The first-order chi connectivity index (χ1) is 15.5. The summed E-state index contributed by atoms with van der Waals surface area (Å²) < 4.78 is 6.98. The van der Waals surface area contributed by atoms with Gasteiger partial charge in [0.15, 0.2) is 0 Å². The minimum Gasteiger partial charge on any atom is -0.497 e. The van der Waals surface area contributed by atoms with Crippen molar-refractivity contribution in [1.82, 2.24) is 24.6 Å². The average Bonchev–Trinajstić information content (AvgIpc) is 3.49. The summed E-state index contributed by atoms with van der Waals surface area (Å²) in [6, 6.07) is 9.21. The molecule has 3 heterocycles. The maximum absolute atomic E-state index is 12.8. The molecule has 9 nitrogen and oxygen atoms in total. The Kier molecular flexibility index (Phi) is 6.25. The van der Waals surface area contributed by atoms with Gasteiger partial charge in [0.05, 0.1) is 19.6 Å². The highest BCUT2D eigenvalue weighted by atomic mass is 16.5. The number of nitrogens with one attached hydrogen (secondary N) is 1. The van der Waals surface area contributed by atoms with Gasteiger partial charge in [-0.2, -0.15) is 5.10 Å². The van der Waals surface area contributed by atoms with E-state index in [1.54, 1.807) is 18.0 Å². The fourth-order valence-electron chi connectivity index (χ4n) is 4.17. The highest BCUT2D eigenvalue weighted by molar-refractivity contribution is 5.97. The maximum atomic E-state index is 12.8. The van der Waals surface area contributed by atoms with Crippen molar-refractivity contribution in [1.29, 1.82) is 0 Å². The zero-order valence-corrected chi connectivity index (χ0v) is 18.3. The van der Waals surface area contributed by atoms with Gasteiger partial charge in [0.2, 0.25) is 5.91 Å². The molecule has 0 aliphatic carbocycles. The van der Waals surface area contributed by atoms with Crippen LogP contribution in [0, 0.1) is 5.92 Å². The molecule has 3 N–H and O–H groups in total. The zero-order valence-electron chi connectivity index (χ0n) is 18.3. The number of aromatic amines is 1. The molecule has 168 valence electrons. The first-order valence-electron chi connectivity index (χ1n) is 10.8. The third kappa shape index (κ3) is 4.51. The number of imidazole rings is 1. The topological polar surface area (TPSA) is 119 Å². The van der Waals surface area contributed by atoms with Crippen molar-refractivity contribution in [2.75, 3.05) is 20.2 Å². The molecule has 0 spiro atoms. The molecule has 3 aromatic rings. The van der Waals surface area contributed by atoms with Gasteiger partial charge in [-0.15, -0.1) is 0 Å². The Balaban J connectivity index is 1.44. The summed E-state index contributed by atoms with van der Waals surface area (Å²) >= 11 is 0. The number of carbonyl (C=O) groups excluding carboxylic acids is 2. The van der Waals surface area contributed by atoms with E-state index >= 15 is 0 Å². The number of hydrogen-bond acceptors (Lipinski definition) is 5. The van der Waals surface area contributed by atoms with Crippen molar-refractivity contribution in [3.05, 3.63) is 54.2 Å². The summed E-state index contributed by atoms with van der Waals surface area (Å²) in [5, 5.41) is 4.18. The Morgan fingerprint density at radius 3 is 2.56 bits per heavy atom. The van der Waals surface area contributed by atoms with Crippen molar-refractivity contribution in [2.24, 2.45) is 11.7 Å². The number of likely N-dealkylation sites (tertiary alicyclic amines) is 1. The van der Waals surface area contributed by atoms with Gasteiger partial charge in [-0.1, -0.05) is 6.92 Å². The Bertz CT molecular complexity index is 1070. The molecule has 32 heavy (non-hydrogen) atoms. The highest BCUT2D eigenvalue weighted by Gasteiger charge is 2.29. The second kappa shape index (κ2) is 9.25. The normalized spacial score (nSPS) is 15.5. The van der Waals surface area contributed by atoms with E-state index in [0.29, 0.717) is 31.0 Å². The van der Waals surface area contributed by atoms with Crippen LogP contribution in [0.2, 0.25) is 0 Å². The monoisotopic (exact) mass is 436 g/mol. The number of carbonyl (C=O) groups is 2. The van der Waals surface area contributed by atoms with E-state index in [9.17, 15) is 9.59 Å². The van der Waals surface area contributed by atoms with E-state index in [1.165, 1.54) is 0 Å². The van der Waals surface area contributed by atoms with Gasteiger partial charge in [0, 0.05) is 37.0 Å². The minimum atomic E-state index is -0.547. The first kappa shape index (κ1) is 21.6. The molecule has 1 saturated heterocycles. The molecular weight excluding hydrogens is 408 g/mol. The summed E-state index contributed by atoms with van der Waals surface area (Å²) in [5.74, 6) is 1.04. The number of benzene rings is 1. The van der Waals surface area contributed by atoms with Crippen LogP contribution in [0.15, 0.2) is 42.7 Å². The summed E-state index contributed by atoms with van der Waals surface area (Å²) in [4.78, 5) is 34.6. The predicted molar refractivity (Wildman–Crippen MR) is 119 cm³/mol. The standard InChI is InChI=1S/C23H28N6O3/c1-15(14-29-11-3-10-25-29)23(31)28-12-8-17(9-13-28)22-26-19(20(27-22)21(24)30)16-4-6-18(32-2)7-5-16/h3-7,10-11,15,17H,8-9,12-14H2,1-2H3,(H2,24,30)(H,26,27). The number of aromatic nitrogens is 4. The van der Waals surface area contributed by atoms with Crippen molar-refractivity contribution >= 4 is 11.8 Å². The fourth-order valence-corrected chi connectivity index (χ4v) is 4.17. The molecule has 9 heteroatoms. The van der Waals surface area contributed by atoms with Crippen molar-refractivity contribution in [2.45, 2.75) is 32.2 Å². The van der Waals surface area contributed by atoms with Crippen LogP contribution >= 0.6 is 0 Å². The van der Waals surface area contributed by atoms with Crippen LogP contribution in [0.1, 0.15) is 42.0 Å².